The molecule has 3 heteroatoms. The Labute approximate surface area is 115 Å². The van der Waals surface area contributed by atoms with E-state index in [2.05, 4.69) is 54.7 Å². The van der Waals surface area contributed by atoms with E-state index in [0.29, 0.717) is 5.92 Å². The number of nitrogens with one attached hydrogen (secondary N) is 1. The maximum Gasteiger partial charge on any atom is 0.138 e. The summed E-state index contributed by atoms with van der Waals surface area (Å²) in [6.45, 7) is 9.29. The zero-order chi connectivity index (χ0) is 13.8. The molecule has 1 aromatic heterocycles. The van der Waals surface area contributed by atoms with Gasteiger partial charge in [-0.3, -0.25) is 0 Å². The van der Waals surface area contributed by atoms with Crippen molar-refractivity contribution in [1.82, 2.24) is 10.5 Å². The van der Waals surface area contributed by atoms with Crippen LogP contribution in [0.1, 0.15) is 48.4 Å². The smallest absolute Gasteiger partial charge is 0.138 e. The van der Waals surface area contributed by atoms with E-state index in [1.165, 1.54) is 11.1 Å². The van der Waals surface area contributed by atoms with E-state index in [4.69, 9.17) is 4.52 Å². The monoisotopic (exact) mass is 258 g/mol. The number of benzene rings is 1. The lowest BCUT2D eigenvalue weighted by molar-refractivity contribution is 0.390. The van der Waals surface area contributed by atoms with Gasteiger partial charge in [-0.1, -0.05) is 42.4 Å². The predicted molar refractivity (Wildman–Crippen MR) is 77.3 cm³/mol. The molecular weight excluding hydrogens is 236 g/mol. The van der Waals surface area contributed by atoms with Gasteiger partial charge in [0.1, 0.15) is 5.76 Å². The maximum absolute atomic E-state index is 5.22. The second-order valence-electron chi connectivity index (χ2n) is 5.18. The van der Waals surface area contributed by atoms with Gasteiger partial charge in [0.15, 0.2) is 0 Å². The van der Waals surface area contributed by atoms with E-state index < -0.39 is 0 Å². The van der Waals surface area contributed by atoms with Gasteiger partial charge in [-0.2, -0.15) is 0 Å². The van der Waals surface area contributed by atoms with E-state index in [1.54, 1.807) is 0 Å². The largest absolute Gasteiger partial charge is 0.361 e. The molecule has 2 aromatic rings. The van der Waals surface area contributed by atoms with Gasteiger partial charge < -0.3 is 9.84 Å². The first-order chi connectivity index (χ1) is 9.09. The summed E-state index contributed by atoms with van der Waals surface area (Å²) in [5.41, 5.74) is 3.52. The summed E-state index contributed by atoms with van der Waals surface area (Å²) in [6.07, 6.45) is 0. The van der Waals surface area contributed by atoms with E-state index in [9.17, 15) is 0 Å². The van der Waals surface area contributed by atoms with Gasteiger partial charge in [0.05, 0.1) is 5.69 Å². The van der Waals surface area contributed by atoms with Crippen LogP contribution < -0.4 is 5.32 Å². The molecule has 2 atom stereocenters. The van der Waals surface area contributed by atoms with Crippen molar-refractivity contribution in [3.05, 3.63) is 52.9 Å². The highest BCUT2D eigenvalue weighted by Gasteiger charge is 2.16. The summed E-state index contributed by atoms with van der Waals surface area (Å²) in [7, 11) is 0. The second kappa shape index (κ2) is 6.02. The molecule has 0 aliphatic rings. The number of rotatable bonds is 5. The molecule has 102 valence electrons. The van der Waals surface area contributed by atoms with Gasteiger partial charge in [-0.05, 0) is 32.3 Å². The van der Waals surface area contributed by atoms with Crippen molar-refractivity contribution in [2.45, 2.75) is 39.7 Å². The summed E-state index contributed by atoms with van der Waals surface area (Å²) in [6, 6.07) is 10.8. The Balaban J connectivity index is 1.96. The molecule has 0 bridgehead atoms. The van der Waals surface area contributed by atoms with Crippen LogP contribution in [0, 0.1) is 13.8 Å². The first-order valence-corrected chi connectivity index (χ1v) is 6.80. The standard InChI is InChI=1S/C16H22N2O/c1-11(15-8-6-5-7-9-15)10-17-12(2)16-13(3)18-19-14(16)4/h5-9,11-12,17H,10H2,1-4H3. The maximum atomic E-state index is 5.22. The molecule has 0 aliphatic heterocycles. The highest BCUT2D eigenvalue weighted by molar-refractivity contribution is 5.25. The lowest BCUT2D eigenvalue weighted by atomic mass is 10.00. The summed E-state index contributed by atoms with van der Waals surface area (Å²) >= 11 is 0. The second-order valence-corrected chi connectivity index (χ2v) is 5.18. The van der Waals surface area contributed by atoms with Gasteiger partial charge in [0.2, 0.25) is 0 Å². The van der Waals surface area contributed by atoms with Crippen LogP contribution in [0.4, 0.5) is 0 Å². The fourth-order valence-corrected chi connectivity index (χ4v) is 2.46. The number of nitrogens with zero attached hydrogens (tertiary/aromatic N) is 1. The predicted octanol–water partition coefficient (Wildman–Crippen LogP) is 3.75. The Morgan fingerprint density at radius 1 is 1.16 bits per heavy atom. The van der Waals surface area contributed by atoms with Gasteiger partial charge >= 0.3 is 0 Å². The minimum Gasteiger partial charge on any atom is -0.361 e. The Morgan fingerprint density at radius 3 is 2.42 bits per heavy atom. The van der Waals surface area contributed by atoms with Crippen molar-refractivity contribution < 1.29 is 4.52 Å². The molecule has 0 saturated heterocycles. The third-order valence-corrected chi connectivity index (χ3v) is 3.62. The number of aryl methyl sites for hydroxylation is 2. The highest BCUT2D eigenvalue weighted by Crippen LogP contribution is 2.22. The SMILES string of the molecule is Cc1noc(C)c1C(C)NCC(C)c1ccccc1. The average molecular weight is 258 g/mol. The molecule has 0 spiro atoms. The molecule has 1 N–H and O–H groups in total. The summed E-state index contributed by atoms with van der Waals surface area (Å²) in [4.78, 5) is 0. The molecule has 2 rings (SSSR count). The van der Waals surface area contributed by atoms with Crippen molar-refractivity contribution in [2.75, 3.05) is 6.54 Å². The Morgan fingerprint density at radius 2 is 1.84 bits per heavy atom. The van der Waals surface area contributed by atoms with E-state index in [-0.39, 0.29) is 6.04 Å². The first-order valence-electron chi connectivity index (χ1n) is 6.80. The minimum atomic E-state index is 0.261. The van der Waals surface area contributed by atoms with Crippen LogP contribution in [-0.4, -0.2) is 11.7 Å². The lowest BCUT2D eigenvalue weighted by Crippen LogP contribution is -2.24. The molecule has 2 unspecified atom stereocenters. The third kappa shape index (κ3) is 3.24. The van der Waals surface area contributed by atoms with Crippen molar-refractivity contribution in [3.63, 3.8) is 0 Å². The Hall–Kier alpha value is -1.61. The van der Waals surface area contributed by atoms with Crippen LogP contribution >= 0.6 is 0 Å². The average Bonchev–Trinajstić information content (AvgIpc) is 2.76. The van der Waals surface area contributed by atoms with E-state index in [0.717, 1.165) is 18.0 Å². The molecule has 19 heavy (non-hydrogen) atoms. The zero-order valence-corrected chi connectivity index (χ0v) is 12.1. The minimum absolute atomic E-state index is 0.261. The van der Waals surface area contributed by atoms with E-state index in [1.807, 2.05) is 13.8 Å². The third-order valence-electron chi connectivity index (χ3n) is 3.62. The van der Waals surface area contributed by atoms with Crippen molar-refractivity contribution in [1.29, 1.82) is 0 Å². The molecule has 1 aromatic carbocycles. The van der Waals surface area contributed by atoms with Crippen LogP contribution in [0.5, 0.6) is 0 Å². The fraction of sp³-hybridized carbons (Fsp3) is 0.438. The van der Waals surface area contributed by atoms with Crippen LogP contribution in [0.3, 0.4) is 0 Å². The lowest BCUT2D eigenvalue weighted by Gasteiger charge is -2.18. The van der Waals surface area contributed by atoms with Crippen LogP contribution in [0.15, 0.2) is 34.9 Å². The van der Waals surface area contributed by atoms with Gasteiger partial charge in [0, 0.05) is 18.2 Å². The molecule has 0 aliphatic carbocycles. The van der Waals surface area contributed by atoms with Crippen molar-refractivity contribution in [3.8, 4) is 0 Å². The summed E-state index contributed by atoms with van der Waals surface area (Å²) < 4.78 is 5.22. The fourth-order valence-electron chi connectivity index (χ4n) is 2.46. The summed E-state index contributed by atoms with van der Waals surface area (Å²) in [5, 5.41) is 7.57. The van der Waals surface area contributed by atoms with Gasteiger partial charge in [-0.15, -0.1) is 0 Å². The number of aromatic nitrogens is 1. The Bertz CT molecular complexity index is 499. The van der Waals surface area contributed by atoms with Crippen LogP contribution in [-0.2, 0) is 0 Å². The normalized spacial score (nSPS) is 14.3. The molecule has 0 saturated carbocycles. The van der Waals surface area contributed by atoms with Crippen LogP contribution in [0.25, 0.3) is 0 Å². The first kappa shape index (κ1) is 13.8. The molecular formula is C16H22N2O. The van der Waals surface area contributed by atoms with Gasteiger partial charge in [-0.25, -0.2) is 0 Å². The summed E-state index contributed by atoms with van der Waals surface area (Å²) in [5.74, 6) is 1.40. The van der Waals surface area contributed by atoms with Crippen LogP contribution in [0.2, 0.25) is 0 Å². The molecule has 3 nitrogen and oxygen atoms in total. The van der Waals surface area contributed by atoms with E-state index >= 15 is 0 Å². The Kier molecular flexibility index (Phi) is 4.38. The number of hydrogen-bond acceptors (Lipinski definition) is 3. The topological polar surface area (TPSA) is 38.1 Å². The van der Waals surface area contributed by atoms with Crippen molar-refractivity contribution >= 4 is 0 Å². The van der Waals surface area contributed by atoms with Crippen molar-refractivity contribution in [2.24, 2.45) is 0 Å². The molecule has 0 radical (unpaired) electrons. The molecule has 0 fully saturated rings. The highest BCUT2D eigenvalue weighted by atomic mass is 16.5. The molecule has 1 heterocycles. The zero-order valence-electron chi connectivity index (χ0n) is 12.1. The quantitative estimate of drug-likeness (QED) is 0.887. The number of hydrogen-bond donors (Lipinski definition) is 1. The molecule has 0 amide bonds. The van der Waals surface area contributed by atoms with Gasteiger partial charge in [0.25, 0.3) is 0 Å².